The summed E-state index contributed by atoms with van der Waals surface area (Å²) in [6.45, 7) is 2.67. The monoisotopic (exact) mass is 322 g/mol. The molecule has 2 aromatic rings. The summed E-state index contributed by atoms with van der Waals surface area (Å²) < 4.78 is 0. The van der Waals surface area contributed by atoms with E-state index in [9.17, 15) is 9.59 Å². The van der Waals surface area contributed by atoms with E-state index in [1.165, 1.54) is 11.2 Å². The molecule has 0 aliphatic heterocycles. The molecule has 118 valence electrons. The van der Waals surface area contributed by atoms with Crippen LogP contribution in [-0.4, -0.2) is 40.0 Å². The van der Waals surface area contributed by atoms with E-state index in [0.29, 0.717) is 6.54 Å². The van der Waals surface area contributed by atoms with Crippen LogP contribution < -0.4 is 10.6 Å². The number of fused-ring (bicyclic) bond motifs is 1. The van der Waals surface area contributed by atoms with Gasteiger partial charge in [0.25, 0.3) is 0 Å². The van der Waals surface area contributed by atoms with Crippen molar-refractivity contribution in [3.63, 3.8) is 0 Å². The number of carboxylic acids is 1. The van der Waals surface area contributed by atoms with Crippen molar-refractivity contribution in [3.05, 3.63) is 17.3 Å². The topological polar surface area (TPSA) is 104 Å². The highest BCUT2D eigenvalue weighted by atomic mass is 32.1. The molecule has 0 unspecified atom stereocenters. The maximum atomic E-state index is 11.6. The van der Waals surface area contributed by atoms with Crippen molar-refractivity contribution in [3.8, 4) is 0 Å². The van der Waals surface area contributed by atoms with Crippen LogP contribution in [0.15, 0.2) is 12.4 Å². The van der Waals surface area contributed by atoms with E-state index in [1.54, 1.807) is 11.3 Å². The van der Waals surface area contributed by atoms with Crippen molar-refractivity contribution in [1.29, 1.82) is 0 Å². The Labute approximate surface area is 131 Å². The summed E-state index contributed by atoms with van der Waals surface area (Å²) in [5.74, 6) is -0.385. The molecule has 0 bridgehead atoms. The van der Waals surface area contributed by atoms with Crippen LogP contribution in [0.3, 0.4) is 0 Å². The van der Waals surface area contributed by atoms with Crippen LogP contribution in [0.5, 0.6) is 0 Å². The minimum absolute atomic E-state index is 0.0690. The number of amides is 1. The second kappa shape index (κ2) is 7.69. The number of carboxylic acid groups (broad SMARTS) is 1. The number of nitrogens with zero attached hydrogens (tertiary/aromatic N) is 2. The second-order valence-electron chi connectivity index (χ2n) is 4.68. The third-order valence-electron chi connectivity index (χ3n) is 3.03. The maximum absolute atomic E-state index is 11.6. The zero-order valence-electron chi connectivity index (χ0n) is 12.3. The summed E-state index contributed by atoms with van der Waals surface area (Å²) in [4.78, 5) is 32.5. The quantitative estimate of drug-likeness (QED) is 0.682. The number of hydrogen-bond acceptors (Lipinski definition) is 6. The first-order chi connectivity index (χ1) is 10.6. The van der Waals surface area contributed by atoms with Crippen molar-refractivity contribution in [2.75, 3.05) is 18.4 Å². The molecule has 22 heavy (non-hydrogen) atoms. The molecular weight excluding hydrogens is 304 g/mol. The van der Waals surface area contributed by atoms with Crippen LogP contribution in [0.4, 0.5) is 5.82 Å². The number of aromatic nitrogens is 2. The molecule has 0 fully saturated rings. The number of carbonyl (C=O) groups excluding carboxylic acids is 1. The normalized spacial score (nSPS) is 10.6. The van der Waals surface area contributed by atoms with Gasteiger partial charge in [0.15, 0.2) is 0 Å². The summed E-state index contributed by atoms with van der Waals surface area (Å²) in [5, 5.41) is 15.2. The maximum Gasteiger partial charge on any atom is 0.305 e. The highest BCUT2D eigenvalue weighted by Gasteiger charge is 2.08. The summed E-state index contributed by atoms with van der Waals surface area (Å²) >= 11 is 1.64. The summed E-state index contributed by atoms with van der Waals surface area (Å²) in [6, 6.07) is 2.06. The van der Waals surface area contributed by atoms with Gasteiger partial charge >= 0.3 is 5.97 Å². The van der Waals surface area contributed by atoms with Crippen molar-refractivity contribution >= 4 is 39.2 Å². The molecule has 2 aromatic heterocycles. The average Bonchev–Trinajstić information content (AvgIpc) is 2.91. The third-order valence-corrected chi connectivity index (χ3v) is 4.22. The number of aryl methyl sites for hydroxylation is 1. The van der Waals surface area contributed by atoms with Crippen LogP contribution in [0, 0.1) is 0 Å². The standard InChI is InChI=1S/C14H18N4O3S/c1-2-9-7-10-13(17-8-18-14(10)22-9)16-5-3-11(19)15-6-4-12(20)21/h7-8H,2-6H2,1H3,(H,15,19)(H,20,21)(H,16,17,18). The predicted molar refractivity (Wildman–Crippen MR) is 85.2 cm³/mol. The molecule has 3 N–H and O–H groups in total. The van der Waals surface area contributed by atoms with Gasteiger partial charge in [-0.15, -0.1) is 11.3 Å². The molecule has 0 saturated carbocycles. The molecule has 2 rings (SSSR count). The zero-order valence-corrected chi connectivity index (χ0v) is 13.1. The van der Waals surface area contributed by atoms with E-state index in [1.807, 2.05) is 0 Å². The molecule has 1 amide bonds. The molecule has 0 aromatic carbocycles. The third kappa shape index (κ3) is 4.39. The number of nitrogens with one attached hydrogen (secondary N) is 2. The molecule has 0 aliphatic rings. The first-order valence-corrected chi connectivity index (χ1v) is 7.87. The summed E-state index contributed by atoms with van der Waals surface area (Å²) in [7, 11) is 0. The minimum atomic E-state index is -0.925. The highest BCUT2D eigenvalue weighted by Crippen LogP contribution is 2.28. The fraction of sp³-hybridized carbons (Fsp3) is 0.429. The van der Waals surface area contributed by atoms with E-state index < -0.39 is 5.97 Å². The lowest BCUT2D eigenvalue weighted by atomic mass is 10.3. The predicted octanol–water partition coefficient (Wildman–Crippen LogP) is 1.65. The van der Waals surface area contributed by atoms with Gasteiger partial charge in [-0.25, -0.2) is 9.97 Å². The Morgan fingerprint density at radius 3 is 2.82 bits per heavy atom. The lowest BCUT2D eigenvalue weighted by Crippen LogP contribution is -2.27. The molecule has 2 heterocycles. The molecule has 0 spiro atoms. The number of rotatable bonds is 8. The SMILES string of the molecule is CCc1cc2c(NCCC(=O)NCCC(=O)O)ncnc2s1. The van der Waals surface area contributed by atoms with Gasteiger partial charge in [0.2, 0.25) is 5.91 Å². The van der Waals surface area contributed by atoms with Gasteiger partial charge in [-0.2, -0.15) is 0 Å². The Balaban J connectivity index is 1.85. The number of aliphatic carboxylic acids is 1. The van der Waals surface area contributed by atoms with Gasteiger partial charge in [-0.3, -0.25) is 9.59 Å². The Bertz CT molecular complexity index is 671. The van der Waals surface area contributed by atoms with Crippen LogP contribution >= 0.6 is 11.3 Å². The van der Waals surface area contributed by atoms with Gasteiger partial charge in [0.05, 0.1) is 11.8 Å². The Morgan fingerprint density at radius 2 is 2.09 bits per heavy atom. The van der Waals surface area contributed by atoms with Gasteiger partial charge in [-0.05, 0) is 12.5 Å². The first-order valence-electron chi connectivity index (χ1n) is 7.06. The number of anilines is 1. The lowest BCUT2D eigenvalue weighted by Gasteiger charge is -2.06. The van der Waals surface area contributed by atoms with Gasteiger partial charge < -0.3 is 15.7 Å². The number of carbonyl (C=O) groups is 2. The highest BCUT2D eigenvalue weighted by molar-refractivity contribution is 7.18. The molecular formula is C14H18N4O3S. The molecule has 0 saturated heterocycles. The molecule has 0 radical (unpaired) electrons. The first kappa shape index (κ1) is 16.2. The summed E-state index contributed by atoms with van der Waals surface area (Å²) in [5.41, 5.74) is 0. The van der Waals surface area contributed by atoms with Crippen LogP contribution in [0.25, 0.3) is 10.2 Å². The van der Waals surface area contributed by atoms with Crippen molar-refractivity contribution in [1.82, 2.24) is 15.3 Å². The second-order valence-corrected chi connectivity index (χ2v) is 5.79. The summed E-state index contributed by atoms with van der Waals surface area (Å²) in [6.07, 6.45) is 2.65. The lowest BCUT2D eigenvalue weighted by molar-refractivity contribution is -0.136. The van der Waals surface area contributed by atoms with E-state index in [0.717, 1.165) is 22.5 Å². The minimum Gasteiger partial charge on any atom is -0.481 e. The van der Waals surface area contributed by atoms with Crippen LogP contribution in [-0.2, 0) is 16.0 Å². The number of hydrogen-bond donors (Lipinski definition) is 3. The van der Waals surface area contributed by atoms with Crippen molar-refractivity contribution in [2.45, 2.75) is 26.2 Å². The number of thiophene rings is 1. The van der Waals surface area contributed by atoms with Crippen LogP contribution in [0.2, 0.25) is 0 Å². The Hall–Kier alpha value is -2.22. The van der Waals surface area contributed by atoms with Crippen LogP contribution in [0.1, 0.15) is 24.6 Å². The average molecular weight is 322 g/mol. The fourth-order valence-corrected chi connectivity index (χ4v) is 2.85. The van der Waals surface area contributed by atoms with Gasteiger partial charge in [0.1, 0.15) is 17.0 Å². The fourth-order valence-electron chi connectivity index (χ4n) is 1.91. The van der Waals surface area contributed by atoms with E-state index >= 15 is 0 Å². The molecule has 0 atom stereocenters. The van der Waals surface area contributed by atoms with E-state index in [2.05, 4.69) is 33.6 Å². The van der Waals surface area contributed by atoms with Crippen molar-refractivity contribution in [2.24, 2.45) is 0 Å². The molecule has 0 aliphatic carbocycles. The van der Waals surface area contributed by atoms with E-state index in [-0.39, 0.29) is 25.3 Å². The Kier molecular flexibility index (Phi) is 5.65. The Morgan fingerprint density at radius 1 is 1.27 bits per heavy atom. The van der Waals surface area contributed by atoms with Crippen molar-refractivity contribution < 1.29 is 14.7 Å². The van der Waals surface area contributed by atoms with E-state index in [4.69, 9.17) is 5.11 Å². The van der Waals surface area contributed by atoms with Gasteiger partial charge in [-0.1, -0.05) is 6.92 Å². The van der Waals surface area contributed by atoms with Gasteiger partial charge in [0, 0.05) is 24.4 Å². The molecule has 8 heteroatoms. The smallest absolute Gasteiger partial charge is 0.305 e. The largest absolute Gasteiger partial charge is 0.481 e. The molecule has 7 nitrogen and oxygen atoms in total. The zero-order chi connectivity index (χ0) is 15.9.